The SMILES string of the molecule is O=C(OCc1csc(COc2ccc(Cl)cc2)n1)c1cc([N+](=O)[O-])ccc1N1CCOCC1. The molecule has 4 rings (SSSR count). The number of rotatable bonds is 8. The fraction of sp³-hybridized carbons (Fsp3) is 0.273. The van der Waals surface area contributed by atoms with Crippen molar-refractivity contribution in [3.05, 3.63) is 79.2 Å². The fourth-order valence-electron chi connectivity index (χ4n) is 3.26. The van der Waals surface area contributed by atoms with Crippen LogP contribution in [-0.4, -0.2) is 42.2 Å². The number of aromatic nitrogens is 1. The highest BCUT2D eigenvalue weighted by molar-refractivity contribution is 7.09. The van der Waals surface area contributed by atoms with Crippen LogP contribution >= 0.6 is 22.9 Å². The van der Waals surface area contributed by atoms with E-state index in [0.717, 1.165) is 5.01 Å². The maximum Gasteiger partial charge on any atom is 0.340 e. The number of nitro benzene ring substituents is 1. The van der Waals surface area contributed by atoms with Crippen LogP contribution in [0.3, 0.4) is 0 Å². The number of hydrogen-bond donors (Lipinski definition) is 0. The molecule has 0 amide bonds. The number of nitrogens with zero attached hydrogens (tertiary/aromatic N) is 3. The molecule has 1 saturated heterocycles. The molecule has 1 aliphatic rings. The first-order chi connectivity index (χ1) is 16.0. The van der Waals surface area contributed by atoms with E-state index in [-0.39, 0.29) is 24.5 Å². The van der Waals surface area contributed by atoms with Gasteiger partial charge in [-0.1, -0.05) is 11.6 Å². The lowest BCUT2D eigenvalue weighted by atomic mass is 10.1. The van der Waals surface area contributed by atoms with Crippen molar-refractivity contribution in [3.63, 3.8) is 0 Å². The summed E-state index contributed by atoms with van der Waals surface area (Å²) in [5.41, 5.74) is 1.13. The van der Waals surface area contributed by atoms with Gasteiger partial charge >= 0.3 is 5.97 Å². The maximum absolute atomic E-state index is 12.8. The number of non-ortho nitro benzene ring substituents is 1. The van der Waals surface area contributed by atoms with Crippen LogP contribution in [0.25, 0.3) is 0 Å². The molecule has 0 saturated carbocycles. The van der Waals surface area contributed by atoms with Crippen LogP contribution in [0.2, 0.25) is 5.02 Å². The fourth-order valence-corrected chi connectivity index (χ4v) is 4.07. The normalized spacial score (nSPS) is 13.5. The van der Waals surface area contributed by atoms with Crippen LogP contribution in [0.4, 0.5) is 11.4 Å². The first kappa shape index (κ1) is 23.0. The third-order valence-corrected chi connectivity index (χ3v) is 6.01. The number of halogens is 1. The van der Waals surface area contributed by atoms with Gasteiger partial charge in [-0.2, -0.15) is 0 Å². The smallest absolute Gasteiger partial charge is 0.340 e. The molecule has 0 aliphatic carbocycles. The average Bonchev–Trinajstić information content (AvgIpc) is 3.30. The van der Waals surface area contributed by atoms with Crippen LogP contribution in [0.5, 0.6) is 5.75 Å². The molecule has 172 valence electrons. The van der Waals surface area contributed by atoms with E-state index < -0.39 is 10.9 Å². The molecule has 2 heterocycles. The summed E-state index contributed by atoms with van der Waals surface area (Å²) in [4.78, 5) is 29.9. The summed E-state index contributed by atoms with van der Waals surface area (Å²) in [6.07, 6.45) is 0. The molecular weight excluding hydrogens is 470 g/mol. The Hall–Kier alpha value is -3.21. The number of thiazole rings is 1. The molecule has 3 aromatic rings. The van der Waals surface area contributed by atoms with Gasteiger partial charge in [0.15, 0.2) is 0 Å². The first-order valence-electron chi connectivity index (χ1n) is 10.1. The lowest BCUT2D eigenvalue weighted by molar-refractivity contribution is -0.384. The summed E-state index contributed by atoms with van der Waals surface area (Å²) in [7, 11) is 0. The number of esters is 1. The second-order valence-corrected chi connectivity index (χ2v) is 8.49. The Labute approximate surface area is 198 Å². The standard InChI is InChI=1S/C22H20ClN3O6S/c23-15-1-4-18(5-2-15)31-13-21-24-16(14-33-21)12-32-22(27)19-11-17(26(28)29)3-6-20(19)25-7-9-30-10-8-25/h1-6,11,14H,7-10,12-13H2. The number of anilines is 1. The van der Waals surface area contributed by atoms with Gasteiger partial charge in [0, 0.05) is 35.6 Å². The number of benzene rings is 2. The predicted octanol–water partition coefficient (Wildman–Crippen LogP) is 4.48. The van der Waals surface area contributed by atoms with E-state index in [9.17, 15) is 14.9 Å². The molecule has 0 atom stereocenters. The van der Waals surface area contributed by atoms with Gasteiger partial charge in [0.1, 0.15) is 24.0 Å². The molecule has 0 spiro atoms. The van der Waals surface area contributed by atoms with Gasteiger partial charge in [0.25, 0.3) is 5.69 Å². The average molecular weight is 490 g/mol. The van der Waals surface area contributed by atoms with Crippen molar-refractivity contribution >= 4 is 40.3 Å². The minimum absolute atomic E-state index is 0.0540. The van der Waals surface area contributed by atoms with E-state index in [0.29, 0.717) is 48.5 Å². The van der Waals surface area contributed by atoms with Crippen molar-refractivity contribution in [3.8, 4) is 5.75 Å². The molecule has 1 fully saturated rings. The van der Waals surface area contributed by atoms with E-state index >= 15 is 0 Å². The quantitative estimate of drug-likeness (QED) is 0.259. The van der Waals surface area contributed by atoms with Gasteiger partial charge < -0.3 is 19.1 Å². The molecule has 33 heavy (non-hydrogen) atoms. The zero-order valence-corrected chi connectivity index (χ0v) is 19.0. The van der Waals surface area contributed by atoms with Gasteiger partial charge in [0.2, 0.25) is 0 Å². The molecule has 0 unspecified atom stereocenters. The lowest BCUT2D eigenvalue weighted by Gasteiger charge is -2.30. The van der Waals surface area contributed by atoms with Crippen LogP contribution in [0, 0.1) is 10.1 Å². The third kappa shape index (κ3) is 5.98. The summed E-state index contributed by atoms with van der Waals surface area (Å²) in [5, 5.41) is 14.3. The van der Waals surface area contributed by atoms with Crippen molar-refractivity contribution in [2.45, 2.75) is 13.2 Å². The summed E-state index contributed by atoms with van der Waals surface area (Å²) >= 11 is 7.25. The van der Waals surface area contributed by atoms with E-state index in [1.165, 1.54) is 23.5 Å². The monoisotopic (exact) mass is 489 g/mol. The number of ether oxygens (including phenoxy) is 3. The second kappa shape index (κ2) is 10.6. The molecule has 2 aromatic carbocycles. The minimum atomic E-state index is -0.646. The molecule has 0 bridgehead atoms. The van der Waals surface area contributed by atoms with Crippen LogP contribution in [0.1, 0.15) is 21.1 Å². The molecule has 11 heteroatoms. The number of carbonyl (C=O) groups excluding carboxylic acids is 1. The Bertz CT molecular complexity index is 1130. The first-order valence-corrected chi connectivity index (χ1v) is 11.4. The molecule has 9 nitrogen and oxygen atoms in total. The van der Waals surface area contributed by atoms with Gasteiger partial charge in [-0.25, -0.2) is 9.78 Å². The van der Waals surface area contributed by atoms with Gasteiger partial charge in [0.05, 0.1) is 35.1 Å². The number of hydrogen-bond acceptors (Lipinski definition) is 9. The Morgan fingerprint density at radius 3 is 2.67 bits per heavy atom. The maximum atomic E-state index is 12.8. The highest BCUT2D eigenvalue weighted by Crippen LogP contribution is 2.27. The van der Waals surface area contributed by atoms with Gasteiger partial charge in [-0.05, 0) is 30.3 Å². The molecule has 0 N–H and O–H groups in total. The van der Waals surface area contributed by atoms with Crippen LogP contribution < -0.4 is 9.64 Å². The van der Waals surface area contributed by atoms with E-state index in [2.05, 4.69) is 4.98 Å². The van der Waals surface area contributed by atoms with Crippen molar-refractivity contribution in [1.82, 2.24) is 4.98 Å². The molecule has 1 aromatic heterocycles. The summed E-state index contributed by atoms with van der Waals surface area (Å²) in [6.45, 7) is 2.42. The van der Waals surface area contributed by atoms with Gasteiger partial charge in [-0.3, -0.25) is 10.1 Å². The van der Waals surface area contributed by atoms with Crippen molar-refractivity contribution in [2.75, 3.05) is 31.2 Å². The largest absolute Gasteiger partial charge is 0.486 e. The zero-order chi connectivity index (χ0) is 23.2. The zero-order valence-electron chi connectivity index (χ0n) is 17.4. The lowest BCUT2D eigenvalue weighted by Crippen LogP contribution is -2.37. The predicted molar refractivity (Wildman–Crippen MR) is 123 cm³/mol. The van der Waals surface area contributed by atoms with E-state index in [1.807, 2.05) is 4.90 Å². The van der Waals surface area contributed by atoms with Crippen molar-refractivity contribution in [2.24, 2.45) is 0 Å². The van der Waals surface area contributed by atoms with Crippen molar-refractivity contribution in [1.29, 1.82) is 0 Å². The molecular formula is C22H20ClN3O6S. The molecule has 1 aliphatic heterocycles. The highest BCUT2D eigenvalue weighted by atomic mass is 35.5. The number of nitro groups is 1. The number of carbonyl (C=O) groups is 1. The van der Waals surface area contributed by atoms with Gasteiger partial charge in [-0.15, -0.1) is 11.3 Å². The highest BCUT2D eigenvalue weighted by Gasteiger charge is 2.23. The Morgan fingerprint density at radius 2 is 1.94 bits per heavy atom. The second-order valence-electron chi connectivity index (χ2n) is 7.11. The summed E-state index contributed by atoms with van der Waals surface area (Å²) in [5.74, 6) is 0.0241. The number of morpholine rings is 1. The summed E-state index contributed by atoms with van der Waals surface area (Å²) < 4.78 is 16.5. The molecule has 0 radical (unpaired) electrons. The van der Waals surface area contributed by atoms with Crippen LogP contribution in [-0.2, 0) is 22.7 Å². The third-order valence-electron chi connectivity index (χ3n) is 4.89. The Kier molecular flexibility index (Phi) is 7.38. The Balaban J connectivity index is 1.40. The van der Waals surface area contributed by atoms with Crippen LogP contribution in [0.15, 0.2) is 47.8 Å². The van der Waals surface area contributed by atoms with Crippen molar-refractivity contribution < 1.29 is 23.9 Å². The topological polar surface area (TPSA) is 104 Å². The van der Waals surface area contributed by atoms with E-state index in [4.69, 9.17) is 25.8 Å². The summed E-state index contributed by atoms with van der Waals surface area (Å²) in [6, 6.07) is 11.2. The Morgan fingerprint density at radius 1 is 1.18 bits per heavy atom. The minimum Gasteiger partial charge on any atom is -0.486 e. The van der Waals surface area contributed by atoms with E-state index in [1.54, 1.807) is 35.7 Å².